The Labute approximate surface area is 199 Å². The van der Waals surface area contributed by atoms with Gasteiger partial charge in [-0.25, -0.2) is 0 Å². The van der Waals surface area contributed by atoms with Gasteiger partial charge in [0.25, 0.3) is 0 Å². The maximum Gasteiger partial charge on any atom is 0.191 e. The van der Waals surface area contributed by atoms with Crippen LogP contribution in [0.2, 0.25) is 0 Å². The molecule has 1 atom stereocenters. The van der Waals surface area contributed by atoms with Gasteiger partial charge in [0.05, 0.1) is 26.9 Å². The maximum atomic E-state index is 5.76. The molecule has 2 rings (SSSR count). The molecule has 1 heterocycles. The Kier molecular flexibility index (Phi) is 14.1. The van der Waals surface area contributed by atoms with E-state index in [0.29, 0.717) is 25.2 Å². The lowest BCUT2D eigenvalue weighted by atomic mass is 10.0. The summed E-state index contributed by atoms with van der Waals surface area (Å²) in [4.78, 5) is 6.86. The molecule has 1 fully saturated rings. The third-order valence-corrected chi connectivity index (χ3v) is 5.17. The molecule has 1 aromatic rings. The smallest absolute Gasteiger partial charge is 0.191 e. The van der Waals surface area contributed by atoms with Gasteiger partial charge in [-0.3, -0.25) is 9.89 Å². The highest BCUT2D eigenvalue weighted by Gasteiger charge is 2.23. The Balaban J connectivity index is 0.00000450. The Hall–Kier alpha value is -1.10. The topological polar surface area (TPSA) is 67.4 Å². The summed E-state index contributed by atoms with van der Waals surface area (Å²) in [7, 11) is 3.49. The van der Waals surface area contributed by atoms with Crippen LogP contribution in [0.25, 0.3) is 0 Å². The fraction of sp³-hybridized carbons (Fsp3) is 0.682. The van der Waals surface area contributed by atoms with Crippen molar-refractivity contribution in [1.29, 1.82) is 0 Å². The molecule has 1 aliphatic heterocycles. The minimum absolute atomic E-state index is 0. The molecule has 0 spiro atoms. The normalized spacial score (nSPS) is 16.1. The zero-order valence-corrected chi connectivity index (χ0v) is 21.2. The van der Waals surface area contributed by atoms with E-state index in [1.54, 1.807) is 7.11 Å². The van der Waals surface area contributed by atoms with Crippen LogP contribution in [0, 0.1) is 5.92 Å². The molecule has 0 bridgehead atoms. The quantitative estimate of drug-likeness (QED) is 0.197. The van der Waals surface area contributed by atoms with E-state index in [0.717, 1.165) is 63.1 Å². The fourth-order valence-electron chi connectivity index (χ4n) is 3.41. The first-order valence-corrected chi connectivity index (χ1v) is 10.6. The number of methoxy groups -OCH3 is 1. The summed E-state index contributed by atoms with van der Waals surface area (Å²) in [6, 6.07) is 8.45. The highest BCUT2D eigenvalue weighted by atomic mass is 127. The highest BCUT2D eigenvalue weighted by Crippen LogP contribution is 2.13. The van der Waals surface area contributed by atoms with Crippen LogP contribution in [0.5, 0.6) is 5.75 Å². The third kappa shape index (κ3) is 9.80. The van der Waals surface area contributed by atoms with E-state index in [9.17, 15) is 0 Å². The molecule has 30 heavy (non-hydrogen) atoms. The van der Waals surface area contributed by atoms with E-state index < -0.39 is 0 Å². The standard InChI is InChI=1S/C22H38N4O3.HI/c1-18(2)21(26-11-14-28-15-12-26)16-25-22(23-3)24-10-5-13-29-17-19-6-8-20(27-4)9-7-19;/h6-9,18,21H,5,10-17H2,1-4H3,(H2,23,24,25);1H. The summed E-state index contributed by atoms with van der Waals surface area (Å²) in [5.74, 6) is 2.29. The zero-order chi connectivity index (χ0) is 20.9. The van der Waals surface area contributed by atoms with Gasteiger partial charge in [0, 0.05) is 45.9 Å². The minimum Gasteiger partial charge on any atom is -0.497 e. The first-order chi connectivity index (χ1) is 14.1. The van der Waals surface area contributed by atoms with Gasteiger partial charge in [0.1, 0.15) is 5.75 Å². The zero-order valence-electron chi connectivity index (χ0n) is 18.9. The number of ether oxygens (including phenoxy) is 3. The van der Waals surface area contributed by atoms with E-state index in [-0.39, 0.29) is 24.0 Å². The van der Waals surface area contributed by atoms with Crippen molar-refractivity contribution in [3.63, 3.8) is 0 Å². The van der Waals surface area contributed by atoms with Gasteiger partial charge in [0.2, 0.25) is 0 Å². The number of hydrogen-bond acceptors (Lipinski definition) is 5. The first-order valence-electron chi connectivity index (χ1n) is 10.6. The summed E-state index contributed by atoms with van der Waals surface area (Å²) in [6.45, 7) is 11.2. The first kappa shape index (κ1) is 26.9. The molecule has 2 N–H and O–H groups in total. The van der Waals surface area contributed by atoms with Crippen molar-refractivity contribution >= 4 is 29.9 Å². The predicted octanol–water partition coefficient (Wildman–Crippen LogP) is 2.74. The molecule has 0 saturated carbocycles. The molecule has 1 unspecified atom stereocenters. The van der Waals surface area contributed by atoms with Crippen LogP contribution >= 0.6 is 24.0 Å². The van der Waals surface area contributed by atoms with Gasteiger partial charge in [-0.15, -0.1) is 24.0 Å². The van der Waals surface area contributed by atoms with Gasteiger partial charge in [-0.1, -0.05) is 26.0 Å². The third-order valence-electron chi connectivity index (χ3n) is 5.17. The molecular formula is C22H39IN4O3. The Morgan fingerprint density at radius 1 is 1.17 bits per heavy atom. The van der Waals surface area contributed by atoms with Crippen molar-refractivity contribution in [2.75, 3.05) is 60.2 Å². The Bertz CT molecular complexity index is 593. The van der Waals surface area contributed by atoms with Crippen molar-refractivity contribution in [2.24, 2.45) is 10.9 Å². The Morgan fingerprint density at radius 3 is 2.47 bits per heavy atom. The van der Waals surface area contributed by atoms with Gasteiger partial charge in [-0.2, -0.15) is 0 Å². The van der Waals surface area contributed by atoms with Crippen LogP contribution in [-0.2, 0) is 16.1 Å². The van der Waals surface area contributed by atoms with Crippen LogP contribution in [-0.4, -0.2) is 77.1 Å². The fourth-order valence-corrected chi connectivity index (χ4v) is 3.41. The molecule has 7 nitrogen and oxygen atoms in total. The van der Waals surface area contributed by atoms with Crippen LogP contribution in [0.3, 0.4) is 0 Å². The Morgan fingerprint density at radius 2 is 1.87 bits per heavy atom. The molecule has 8 heteroatoms. The van der Waals surface area contributed by atoms with E-state index >= 15 is 0 Å². The second kappa shape index (κ2) is 15.7. The molecule has 1 saturated heterocycles. The number of hydrogen-bond donors (Lipinski definition) is 2. The number of guanidine groups is 1. The van der Waals surface area contributed by atoms with Crippen molar-refractivity contribution in [2.45, 2.75) is 32.9 Å². The number of halogens is 1. The van der Waals surface area contributed by atoms with Crippen molar-refractivity contribution < 1.29 is 14.2 Å². The second-order valence-electron chi connectivity index (χ2n) is 7.59. The van der Waals surface area contributed by atoms with Gasteiger partial charge < -0.3 is 24.8 Å². The lowest BCUT2D eigenvalue weighted by Crippen LogP contribution is -2.52. The van der Waals surface area contributed by atoms with Crippen LogP contribution in [0.15, 0.2) is 29.3 Å². The van der Waals surface area contributed by atoms with Crippen molar-refractivity contribution in [1.82, 2.24) is 15.5 Å². The molecule has 172 valence electrons. The average molecular weight is 534 g/mol. The highest BCUT2D eigenvalue weighted by molar-refractivity contribution is 14.0. The number of benzene rings is 1. The molecular weight excluding hydrogens is 495 g/mol. The van der Waals surface area contributed by atoms with E-state index in [1.807, 2.05) is 31.3 Å². The van der Waals surface area contributed by atoms with E-state index in [1.165, 1.54) is 0 Å². The van der Waals surface area contributed by atoms with Crippen molar-refractivity contribution in [3.8, 4) is 5.75 Å². The monoisotopic (exact) mass is 534 g/mol. The van der Waals surface area contributed by atoms with E-state index in [2.05, 4.69) is 34.4 Å². The molecule has 0 aromatic heterocycles. The number of rotatable bonds is 11. The van der Waals surface area contributed by atoms with E-state index in [4.69, 9.17) is 14.2 Å². The molecule has 1 aliphatic rings. The molecule has 0 radical (unpaired) electrons. The molecule has 0 amide bonds. The van der Waals surface area contributed by atoms with Crippen LogP contribution in [0.1, 0.15) is 25.8 Å². The number of morpholine rings is 1. The minimum atomic E-state index is 0. The number of nitrogens with one attached hydrogen (secondary N) is 2. The lowest BCUT2D eigenvalue weighted by Gasteiger charge is -2.37. The predicted molar refractivity (Wildman–Crippen MR) is 133 cm³/mol. The lowest BCUT2D eigenvalue weighted by molar-refractivity contribution is 0.00752. The molecule has 1 aromatic carbocycles. The van der Waals surface area contributed by atoms with Crippen molar-refractivity contribution in [3.05, 3.63) is 29.8 Å². The van der Waals surface area contributed by atoms with Gasteiger partial charge in [0.15, 0.2) is 5.96 Å². The van der Waals surface area contributed by atoms with Gasteiger partial charge >= 0.3 is 0 Å². The van der Waals surface area contributed by atoms with Gasteiger partial charge in [-0.05, 0) is 30.0 Å². The second-order valence-corrected chi connectivity index (χ2v) is 7.59. The number of nitrogens with zero attached hydrogens (tertiary/aromatic N) is 2. The summed E-state index contributed by atoms with van der Waals surface area (Å²) in [5, 5.41) is 6.86. The maximum absolute atomic E-state index is 5.76. The SMILES string of the molecule is CN=C(NCCCOCc1ccc(OC)cc1)NCC(C(C)C)N1CCOCC1.I. The summed E-state index contributed by atoms with van der Waals surface area (Å²) in [6.07, 6.45) is 0.925. The summed E-state index contributed by atoms with van der Waals surface area (Å²) < 4.78 is 16.4. The summed E-state index contributed by atoms with van der Waals surface area (Å²) in [5.41, 5.74) is 1.15. The number of aliphatic imine (C=N–C) groups is 1. The average Bonchev–Trinajstić information content (AvgIpc) is 2.75. The van der Waals surface area contributed by atoms with Crippen LogP contribution < -0.4 is 15.4 Å². The molecule has 0 aliphatic carbocycles. The summed E-state index contributed by atoms with van der Waals surface area (Å²) >= 11 is 0. The van der Waals surface area contributed by atoms with Crippen LogP contribution in [0.4, 0.5) is 0 Å². The largest absolute Gasteiger partial charge is 0.497 e.